The highest BCUT2D eigenvalue weighted by atomic mass is 16.6. The molecule has 1 heterocycles. The van der Waals surface area contributed by atoms with Gasteiger partial charge in [0.2, 0.25) is 5.78 Å². The second kappa shape index (κ2) is 10.7. The van der Waals surface area contributed by atoms with Crippen molar-refractivity contribution in [1.29, 1.82) is 0 Å². The Morgan fingerprint density at radius 2 is 1.64 bits per heavy atom. The van der Waals surface area contributed by atoms with Gasteiger partial charge in [-0.2, -0.15) is 0 Å². The zero-order chi connectivity index (χ0) is 23.9. The number of Topliss-reactive ketones (excluding diaryl/α,β-unsaturated/α-hetero) is 1. The lowest BCUT2D eigenvalue weighted by molar-refractivity contribution is -0.00165. The minimum absolute atomic E-state index is 0.202. The highest BCUT2D eigenvalue weighted by Crippen LogP contribution is 2.32. The predicted molar refractivity (Wildman–Crippen MR) is 129 cm³/mol. The molecule has 3 rings (SSSR count). The van der Waals surface area contributed by atoms with E-state index < -0.39 is 11.0 Å². The van der Waals surface area contributed by atoms with E-state index in [0.717, 1.165) is 11.1 Å². The Balaban J connectivity index is 1.71. The zero-order valence-electron chi connectivity index (χ0n) is 20.0. The number of ether oxygens (including phenoxy) is 2. The lowest BCUT2D eigenvalue weighted by atomic mass is 9.79. The number of hydrogen-bond donors (Lipinski definition) is 0. The molecule has 0 N–H and O–H groups in total. The van der Waals surface area contributed by atoms with E-state index in [0.29, 0.717) is 44.7 Å². The van der Waals surface area contributed by atoms with Gasteiger partial charge in [0.25, 0.3) is 0 Å². The quantitative estimate of drug-likeness (QED) is 0.349. The second-order valence-corrected chi connectivity index (χ2v) is 9.67. The molecule has 0 bridgehead atoms. The Labute approximate surface area is 197 Å². The Bertz CT molecular complexity index is 1000. The molecule has 0 saturated carbocycles. The van der Waals surface area contributed by atoms with E-state index in [9.17, 15) is 9.59 Å². The first-order valence-electron chi connectivity index (χ1n) is 11.4. The summed E-state index contributed by atoms with van der Waals surface area (Å²) in [6.07, 6.45) is 0.926. The van der Waals surface area contributed by atoms with Crippen molar-refractivity contribution in [2.45, 2.75) is 52.7 Å². The van der Waals surface area contributed by atoms with Crippen LogP contribution >= 0.6 is 0 Å². The zero-order valence-corrected chi connectivity index (χ0v) is 20.0. The molecule has 1 amide bonds. The molecule has 174 valence electrons. The maximum Gasteiger partial charge on any atom is 0.410 e. The number of nitrogens with zero attached hydrogens (tertiary/aromatic N) is 1. The molecule has 1 aliphatic rings. The number of amides is 1. The van der Waals surface area contributed by atoms with Crippen LogP contribution in [-0.4, -0.2) is 42.1 Å². The number of hydrogen-bond acceptors (Lipinski definition) is 4. The molecular weight excluding hydrogens is 414 g/mol. The van der Waals surface area contributed by atoms with Crippen LogP contribution in [0.25, 0.3) is 0 Å². The molecule has 0 unspecified atom stereocenters. The Morgan fingerprint density at radius 1 is 1.00 bits per heavy atom. The summed E-state index contributed by atoms with van der Waals surface area (Å²) in [5.74, 6) is 5.89. The molecule has 33 heavy (non-hydrogen) atoms. The average Bonchev–Trinajstić information content (AvgIpc) is 2.78. The molecule has 0 atom stereocenters. The molecule has 0 radical (unpaired) electrons. The van der Waals surface area contributed by atoms with Crippen LogP contribution in [0.3, 0.4) is 0 Å². The minimum Gasteiger partial charge on any atom is -0.444 e. The maximum absolute atomic E-state index is 12.7. The molecular formula is C28H33NO4. The Morgan fingerprint density at radius 3 is 2.24 bits per heavy atom. The van der Waals surface area contributed by atoms with Crippen molar-refractivity contribution < 1.29 is 19.1 Å². The van der Waals surface area contributed by atoms with Gasteiger partial charge in [0, 0.05) is 18.7 Å². The fraction of sp³-hybridized carbons (Fsp3) is 0.429. The van der Waals surface area contributed by atoms with Gasteiger partial charge < -0.3 is 14.4 Å². The van der Waals surface area contributed by atoms with Gasteiger partial charge in [-0.05, 0) is 52.0 Å². The van der Waals surface area contributed by atoms with Crippen LogP contribution < -0.4 is 0 Å². The third-order valence-corrected chi connectivity index (χ3v) is 5.62. The first kappa shape index (κ1) is 24.5. The van der Waals surface area contributed by atoms with Crippen molar-refractivity contribution >= 4 is 11.9 Å². The molecule has 0 aliphatic carbocycles. The lowest BCUT2D eigenvalue weighted by Crippen LogP contribution is -2.46. The van der Waals surface area contributed by atoms with Crippen molar-refractivity contribution in [2.75, 3.05) is 19.7 Å². The summed E-state index contributed by atoms with van der Waals surface area (Å²) in [7, 11) is 0. The van der Waals surface area contributed by atoms with Gasteiger partial charge in [-0.1, -0.05) is 66.1 Å². The summed E-state index contributed by atoms with van der Waals surface area (Å²) in [6, 6.07) is 17.4. The minimum atomic E-state index is -0.537. The molecule has 5 nitrogen and oxygen atoms in total. The summed E-state index contributed by atoms with van der Waals surface area (Å²) in [6.45, 7) is 9.46. The van der Waals surface area contributed by atoms with E-state index in [1.165, 1.54) is 0 Å². The van der Waals surface area contributed by atoms with Crippen molar-refractivity contribution in [3.05, 3.63) is 71.3 Å². The summed E-state index contributed by atoms with van der Waals surface area (Å²) in [5.41, 5.74) is 1.74. The van der Waals surface area contributed by atoms with Gasteiger partial charge in [0.15, 0.2) is 0 Å². The van der Waals surface area contributed by atoms with E-state index >= 15 is 0 Å². The highest BCUT2D eigenvalue weighted by Gasteiger charge is 2.36. The van der Waals surface area contributed by atoms with Crippen molar-refractivity contribution in [3.8, 4) is 11.8 Å². The number of carbonyl (C=O) groups is 2. The van der Waals surface area contributed by atoms with Crippen LogP contribution in [0, 0.1) is 24.2 Å². The molecule has 5 heteroatoms. The summed E-state index contributed by atoms with van der Waals surface area (Å²) < 4.78 is 11.6. The molecule has 0 spiro atoms. The van der Waals surface area contributed by atoms with E-state index in [2.05, 4.69) is 11.8 Å². The molecule has 1 saturated heterocycles. The van der Waals surface area contributed by atoms with Crippen LogP contribution in [0.5, 0.6) is 0 Å². The number of benzene rings is 2. The summed E-state index contributed by atoms with van der Waals surface area (Å²) >= 11 is 0. The smallest absolute Gasteiger partial charge is 0.410 e. The van der Waals surface area contributed by atoms with E-state index in [1.54, 1.807) is 17.0 Å². The fourth-order valence-corrected chi connectivity index (χ4v) is 3.65. The number of aryl methyl sites for hydroxylation is 1. The molecule has 2 aromatic carbocycles. The van der Waals surface area contributed by atoms with Crippen LogP contribution in [0.4, 0.5) is 4.79 Å². The molecule has 1 fully saturated rings. The monoisotopic (exact) mass is 447 g/mol. The third kappa shape index (κ3) is 7.47. The number of rotatable bonds is 5. The topological polar surface area (TPSA) is 55.8 Å². The Kier molecular flexibility index (Phi) is 7.94. The van der Waals surface area contributed by atoms with E-state index in [1.807, 2.05) is 70.2 Å². The SMILES string of the molecule is Cc1ccc(C(=O)C#CC2(COCc3ccccc3)CCN(C(=O)OC(C)(C)C)CC2)cc1. The van der Waals surface area contributed by atoms with Crippen molar-refractivity contribution in [3.63, 3.8) is 0 Å². The highest BCUT2D eigenvalue weighted by molar-refractivity contribution is 6.09. The number of piperidine rings is 1. The number of carbonyl (C=O) groups excluding carboxylic acids is 2. The average molecular weight is 448 g/mol. The van der Waals surface area contributed by atoms with Crippen molar-refractivity contribution in [1.82, 2.24) is 4.90 Å². The molecule has 1 aliphatic heterocycles. The van der Waals surface area contributed by atoms with Gasteiger partial charge in [-0.15, -0.1) is 0 Å². The van der Waals surface area contributed by atoms with Crippen LogP contribution in [0.1, 0.15) is 55.1 Å². The van der Waals surface area contributed by atoms with Gasteiger partial charge in [0.05, 0.1) is 18.6 Å². The van der Waals surface area contributed by atoms with E-state index in [4.69, 9.17) is 9.47 Å². The van der Waals surface area contributed by atoms with Gasteiger partial charge in [-0.25, -0.2) is 4.79 Å². The third-order valence-electron chi connectivity index (χ3n) is 5.62. The van der Waals surface area contributed by atoms with E-state index in [-0.39, 0.29) is 11.9 Å². The van der Waals surface area contributed by atoms with Crippen LogP contribution in [0.15, 0.2) is 54.6 Å². The Hall–Kier alpha value is -3.10. The normalized spacial score (nSPS) is 15.3. The van der Waals surface area contributed by atoms with Gasteiger partial charge in [0.1, 0.15) is 5.60 Å². The number of likely N-dealkylation sites (tertiary alicyclic amines) is 1. The molecule has 2 aromatic rings. The maximum atomic E-state index is 12.7. The van der Waals surface area contributed by atoms with Crippen LogP contribution in [-0.2, 0) is 16.1 Å². The summed E-state index contributed by atoms with van der Waals surface area (Å²) in [5, 5.41) is 0. The first-order valence-corrected chi connectivity index (χ1v) is 11.4. The van der Waals surface area contributed by atoms with Gasteiger partial charge >= 0.3 is 6.09 Å². The number of ketones is 1. The second-order valence-electron chi connectivity index (χ2n) is 9.67. The fourth-order valence-electron chi connectivity index (χ4n) is 3.65. The first-order chi connectivity index (χ1) is 15.7. The van der Waals surface area contributed by atoms with Gasteiger partial charge in [-0.3, -0.25) is 4.79 Å². The van der Waals surface area contributed by atoms with Crippen LogP contribution in [0.2, 0.25) is 0 Å². The lowest BCUT2D eigenvalue weighted by Gasteiger charge is -2.38. The summed E-state index contributed by atoms with van der Waals surface area (Å²) in [4.78, 5) is 26.9. The molecule has 0 aromatic heterocycles. The van der Waals surface area contributed by atoms with Crippen molar-refractivity contribution in [2.24, 2.45) is 5.41 Å². The standard InChI is InChI=1S/C28H33NO4/c1-22-10-12-24(13-11-22)25(30)14-15-28(21-32-20-23-8-6-5-7-9-23)16-18-29(19-17-28)26(31)33-27(2,3)4/h5-13H,16-21H2,1-4H3. The predicted octanol–water partition coefficient (Wildman–Crippen LogP) is 5.42. The largest absolute Gasteiger partial charge is 0.444 e.